The summed E-state index contributed by atoms with van der Waals surface area (Å²) in [6, 6.07) is 4.46. The number of nitrogens with zero attached hydrogens (tertiary/aromatic N) is 1. The minimum Gasteiger partial charge on any atom is -0.394 e. The van der Waals surface area contributed by atoms with Crippen LogP contribution in [0.3, 0.4) is 0 Å². The van der Waals surface area contributed by atoms with Crippen LogP contribution in [-0.2, 0) is 4.74 Å². The Balaban J connectivity index is 2.15. The molecule has 2 rings (SSSR count). The molecule has 1 amide bonds. The Morgan fingerprint density at radius 2 is 2.33 bits per heavy atom. The smallest absolute Gasteiger partial charge is 0.270 e. The highest BCUT2D eigenvalue weighted by Crippen LogP contribution is 2.13. The first-order valence-corrected chi connectivity index (χ1v) is 5.85. The first kappa shape index (κ1) is 12.8. The van der Waals surface area contributed by atoms with Crippen LogP contribution in [0.2, 0.25) is 0 Å². The van der Waals surface area contributed by atoms with Crippen molar-refractivity contribution in [1.82, 2.24) is 9.88 Å². The second-order valence-electron chi connectivity index (χ2n) is 4.39. The van der Waals surface area contributed by atoms with Crippen LogP contribution in [0, 0.1) is 0 Å². The predicted octanol–water partition coefficient (Wildman–Crippen LogP) is -0.403. The molecule has 1 aromatic heterocycles. The van der Waals surface area contributed by atoms with Crippen LogP contribution >= 0.6 is 0 Å². The van der Waals surface area contributed by atoms with Gasteiger partial charge in [0.15, 0.2) is 0 Å². The molecule has 0 aliphatic carbocycles. The van der Waals surface area contributed by atoms with Crippen molar-refractivity contribution < 1.29 is 14.6 Å². The number of H-pyrrole nitrogens is 1. The lowest BCUT2D eigenvalue weighted by Crippen LogP contribution is -2.50. The van der Waals surface area contributed by atoms with Crippen LogP contribution in [0.1, 0.15) is 17.4 Å². The third-order valence-corrected chi connectivity index (χ3v) is 2.82. The molecule has 6 nitrogen and oxygen atoms in total. The lowest BCUT2D eigenvalue weighted by Gasteiger charge is -2.35. The van der Waals surface area contributed by atoms with Gasteiger partial charge in [0.05, 0.1) is 18.8 Å². The van der Waals surface area contributed by atoms with Crippen molar-refractivity contribution in [1.29, 1.82) is 0 Å². The van der Waals surface area contributed by atoms with Gasteiger partial charge >= 0.3 is 0 Å². The third kappa shape index (κ3) is 2.77. The number of amides is 1. The van der Waals surface area contributed by atoms with Crippen LogP contribution < -0.4 is 5.56 Å². The molecule has 0 bridgehead atoms. The Bertz CT molecular complexity index is 485. The van der Waals surface area contributed by atoms with E-state index in [0.29, 0.717) is 13.1 Å². The summed E-state index contributed by atoms with van der Waals surface area (Å²) in [5.74, 6) is -0.249. The van der Waals surface area contributed by atoms with Gasteiger partial charge in [0, 0.05) is 19.2 Å². The van der Waals surface area contributed by atoms with E-state index in [1.165, 1.54) is 6.07 Å². The molecule has 0 saturated carbocycles. The molecule has 2 heterocycles. The van der Waals surface area contributed by atoms with Gasteiger partial charge in [-0.3, -0.25) is 9.59 Å². The fourth-order valence-electron chi connectivity index (χ4n) is 2.05. The molecule has 0 radical (unpaired) electrons. The maximum Gasteiger partial charge on any atom is 0.270 e. The summed E-state index contributed by atoms with van der Waals surface area (Å²) >= 11 is 0. The average Bonchev–Trinajstić information content (AvgIpc) is 2.37. The van der Waals surface area contributed by atoms with E-state index in [4.69, 9.17) is 9.84 Å². The summed E-state index contributed by atoms with van der Waals surface area (Å²) in [4.78, 5) is 27.4. The summed E-state index contributed by atoms with van der Waals surface area (Å²) in [6.45, 7) is 2.50. The topological polar surface area (TPSA) is 82.6 Å². The standard InChI is InChI=1S/C12H16N2O4/c1-8-5-14(6-9(7-15)18-8)12(17)10-3-2-4-11(16)13-10/h2-4,8-9,15H,5-7H2,1H3,(H,13,16). The summed E-state index contributed by atoms with van der Waals surface area (Å²) in [7, 11) is 0. The normalized spacial score (nSPS) is 24.0. The second kappa shape index (κ2) is 5.32. The zero-order valence-corrected chi connectivity index (χ0v) is 10.1. The molecule has 2 N–H and O–H groups in total. The quantitative estimate of drug-likeness (QED) is 0.750. The number of aromatic nitrogens is 1. The summed E-state index contributed by atoms with van der Waals surface area (Å²) in [6.07, 6.45) is -0.497. The Hall–Kier alpha value is -1.66. The van der Waals surface area contributed by atoms with Gasteiger partial charge in [0.2, 0.25) is 5.56 Å². The van der Waals surface area contributed by atoms with Crippen molar-refractivity contribution in [2.45, 2.75) is 19.1 Å². The maximum atomic E-state index is 12.2. The highest BCUT2D eigenvalue weighted by atomic mass is 16.5. The Morgan fingerprint density at radius 3 is 3.00 bits per heavy atom. The van der Waals surface area contributed by atoms with Crippen LogP contribution in [-0.4, -0.2) is 52.8 Å². The molecular weight excluding hydrogens is 236 g/mol. The second-order valence-corrected chi connectivity index (χ2v) is 4.39. The number of aliphatic hydroxyl groups is 1. The summed E-state index contributed by atoms with van der Waals surface area (Å²) in [5.41, 5.74) is -0.0471. The van der Waals surface area contributed by atoms with Crippen molar-refractivity contribution in [3.63, 3.8) is 0 Å². The molecule has 0 aromatic carbocycles. The molecule has 2 atom stereocenters. The number of hydrogen-bond acceptors (Lipinski definition) is 4. The molecule has 1 aliphatic heterocycles. The highest BCUT2D eigenvalue weighted by molar-refractivity contribution is 5.92. The number of pyridine rings is 1. The maximum absolute atomic E-state index is 12.2. The number of carbonyl (C=O) groups excluding carboxylic acids is 1. The Morgan fingerprint density at radius 1 is 1.56 bits per heavy atom. The average molecular weight is 252 g/mol. The molecule has 6 heteroatoms. The molecule has 1 aromatic rings. The molecule has 2 unspecified atom stereocenters. The minimum absolute atomic E-state index is 0.126. The molecule has 1 saturated heterocycles. The van der Waals surface area contributed by atoms with E-state index in [1.54, 1.807) is 17.0 Å². The lowest BCUT2D eigenvalue weighted by molar-refractivity contribution is -0.0859. The molecule has 18 heavy (non-hydrogen) atoms. The molecule has 1 fully saturated rings. The Labute approximate surface area is 104 Å². The van der Waals surface area contributed by atoms with Gasteiger partial charge < -0.3 is 19.7 Å². The number of morpholine rings is 1. The van der Waals surface area contributed by atoms with Gasteiger partial charge in [-0.05, 0) is 13.0 Å². The van der Waals surface area contributed by atoms with Crippen LogP contribution in [0.25, 0.3) is 0 Å². The first-order valence-electron chi connectivity index (χ1n) is 5.85. The zero-order chi connectivity index (χ0) is 13.1. The van der Waals surface area contributed by atoms with E-state index in [0.717, 1.165) is 0 Å². The number of nitrogens with one attached hydrogen (secondary N) is 1. The van der Waals surface area contributed by atoms with Gasteiger partial charge in [-0.25, -0.2) is 0 Å². The van der Waals surface area contributed by atoms with E-state index in [1.807, 2.05) is 6.92 Å². The van der Waals surface area contributed by atoms with Gasteiger partial charge in [-0.1, -0.05) is 6.07 Å². The molecule has 98 valence electrons. The highest BCUT2D eigenvalue weighted by Gasteiger charge is 2.28. The zero-order valence-electron chi connectivity index (χ0n) is 10.1. The number of carbonyl (C=O) groups is 1. The number of aliphatic hydroxyl groups excluding tert-OH is 1. The number of rotatable bonds is 2. The third-order valence-electron chi connectivity index (χ3n) is 2.82. The van der Waals surface area contributed by atoms with Gasteiger partial charge in [-0.2, -0.15) is 0 Å². The van der Waals surface area contributed by atoms with Crippen LogP contribution in [0.4, 0.5) is 0 Å². The van der Waals surface area contributed by atoms with Crippen molar-refractivity contribution in [2.24, 2.45) is 0 Å². The number of ether oxygens (including phenoxy) is 1. The summed E-state index contributed by atoms with van der Waals surface area (Å²) < 4.78 is 5.46. The van der Waals surface area contributed by atoms with Crippen molar-refractivity contribution in [3.05, 3.63) is 34.2 Å². The van der Waals surface area contributed by atoms with E-state index in [9.17, 15) is 9.59 Å². The van der Waals surface area contributed by atoms with E-state index < -0.39 is 0 Å². The van der Waals surface area contributed by atoms with Crippen LogP contribution in [0.5, 0.6) is 0 Å². The van der Waals surface area contributed by atoms with Gasteiger partial charge in [-0.15, -0.1) is 0 Å². The largest absolute Gasteiger partial charge is 0.394 e. The fourth-order valence-corrected chi connectivity index (χ4v) is 2.05. The first-order chi connectivity index (χ1) is 8.60. The summed E-state index contributed by atoms with van der Waals surface area (Å²) in [5, 5.41) is 9.10. The predicted molar refractivity (Wildman–Crippen MR) is 64.4 cm³/mol. The van der Waals surface area contributed by atoms with Crippen molar-refractivity contribution in [2.75, 3.05) is 19.7 Å². The van der Waals surface area contributed by atoms with E-state index >= 15 is 0 Å². The SMILES string of the molecule is CC1CN(C(=O)c2cccc(=O)[nH]2)CC(CO)O1. The van der Waals surface area contributed by atoms with E-state index in [2.05, 4.69) is 4.98 Å². The monoisotopic (exact) mass is 252 g/mol. The van der Waals surface area contributed by atoms with Crippen LogP contribution in [0.15, 0.2) is 23.0 Å². The lowest BCUT2D eigenvalue weighted by atomic mass is 10.2. The van der Waals surface area contributed by atoms with Crippen molar-refractivity contribution in [3.8, 4) is 0 Å². The number of aromatic amines is 1. The molecular formula is C12H16N2O4. The fraction of sp³-hybridized carbons (Fsp3) is 0.500. The van der Waals surface area contributed by atoms with Gasteiger partial charge in [0.1, 0.15) is 5.69 Å². The van der Waals surface area contributed by atoms with E-state index in [-0.39, 0.29) is 36.0 Å². The molecule has 0 spiro atoms. The Kier molecular flexibility index (Phi) is 3.78. The minimum atomic E-state index is -0.367. The number of hydrogen-bond donors (Lipinski definition) is 2. The molecule has 1 aliphatic rings. The van der Waals surface area contributed by atoms with Crippen molar-refractivity contribution >= 4 is 5.91 Å². The van der Waals surface area contributed by atoms with Gasteiger partial charge in [0.25, 0.3) is 5.91 Å².